The number of aromatic nitrogens is 1. The molecule has 0 bridgehead atoms. The predicted molar refractivity (Wildman–Crippen MR) is 85.3 cm³/mol. The fourth-order valence-electron chi connectivity index (χ4n) is 2.63. The number of para-hydroxylation sites is 1. The highest BCUT2D eigenvalue weighted by Crippen LogP contribution is 2.25. The third kappa shape index (κ3) is 2.18. The molecule has 0 N–H and O–H groups in total. The van der Waals surface area contributed by atoms with E-state index in [4.69, 9.17) is 0 Å². The van der Waals surface area contributed by atoms with Crippen molar-refractivity contribution in [3.05, 3.63) is 69.8 Å². The van der Waals surface area contributed by atoms with Crippen LogP contribution in [-0.2, 0) is 6.54 Å². The van der Waals surface area contributed by atoms with Gasteiger partial charge in [0.25, 0.3) is 0 Å². The van der Waals surface area contributed by atoms with Crippen LogP contribution in [0.5, 0.6) is 0 Å². The molecule has 1 aromatic heterocycles. The number of carbonyl (C=O) groups is 1. The topological polar surface area (TPSA) is 22.0 Å². The maximum Gasteiger partial charge on any atom is 0.152 e. The van der Waals surface area contributed by atoms with Crippen molar-refractivity contribution in [2.24, 2.45) is 0 Å². The number of fused-ring (bicyclic) bond motifs is 1. The number of carbonyl (C=O) groups excluding carboxylic acids is 1. The van der Waals surface area contributed by atoms with E-state index in [0.29, 0.717) is 0 Å². The number of aldehydes is 1. The summed E-state index contributed by atoms with van der Waals surface area (Å²) in [5, 5.41) is 1.02. The Morgan fingerprint density at radius 1 is 1.15 bits per heavy atom. The molecule has 0 atom stereocenters. The van der Waals surface area contributed by atoms with Crippen LogP contribution < -0.4 is 0 Å². The van der Waals surface area contributed by atoms with Gasteiger partial charge in [-0.1, -0.05) is 46.3 Å². The Morgan fingerprint density at radius 2 is 1.95 bits per heavy atom. The molecule has 3 heteroatoms. The average molecular weight is 328 g/mol. The normalized spacial score (nSPS) is 10.9. The quantitative estimate of drug-likeness (QED) is 0.646. The number of benzene rings is 2. The Hall–Kier alpha value is -1.87. The molecule has 0 saturated carbocycles. The molecule has 0 fully saturated rings. The van der Waals surface area contributed by atoms with Crippen LogP contribution in [0.15, 0.2) is 53.0 Å². The van der Waals surface area contributed by atoms with Crippen molar-refractivity contribution in [1.82, 2.24) is 4.57 Å². The number of rotatable bonds is 3. The van der Waals surface area contributed by atoms with Crippen molar-refractivity contribution in [3.63, 3.8) is 0 Å². The van der Waals surface area contributed by atoms with Gasteiger partial charge in [-0.15, -0.1) is 0 Å². The summed E-state index contributed by atoms with van der Waals surface area (Å²) in [7, 11) is 0. The van der Waals surface area contributed by atoms with Crippen LogP contribution in [0.3, 0.4) is 0 Å². The van der Waals surface area contributed by atoms with Gasteiger partial charge >= 0.3 is 0 Å². The van der Waals surface area contributed by atoms with Crippen molar-refractivity contribution >= 4 is 33.1 Å². The fourth-order valence-corrected chi connectivity index (χ4v) is 3.07. The summed E-state index contributed by atoms with van der Waals surface area (Å²) < 4.78 is 3.26. The third-order valence-electron chi connectivity index (χ3n) is 3.63. The first-order valence-electron chi connectivity index (χ1n) is 6.48. The summed E-state index contributed by atoms with van der Waals surface area (Å²) in [6.45, 7) is 2.77. The zero-order valence-electron chi connectivity index (χ0n) is 11.1. The first-order valence-corrected chi connectivity index (χ1v) is 7.27. The van der Waals surface area contributed by atoms with Crippen LogP contribution in [0, 0.1) is 6.92 Å². The first-order chi connectivity index (χ1) is 9.70. The smallest absolute Gasteiger partial charge is 0.152 e. The van der Waals surface area contributed by atoms with Crippen LogP contribution in [0.25, 0.3) is 10.9 Å². The molecule has 0 amide bonds. The van der Waals surface area contributed by atoms with Crippen LogP contribution >= 0.6 is 15.9 Å². The molecule has 20 heavy (non-hydrogen) atoms. The number of hydrogen-bond acceptors (Lipinski definition) is 1. The summed E-state index contributed by atoms with van der Waals surface area (Å²) >= 11 is 3.50. The molecule has 0 saturated heterocycles. The summed E-state index contributed by atoms with van der Waals surface area (Å²) in [5.74, 6) is 0. The van der Waals surface area contributed by atoms with Gasteiger partial charge in [-0.2, -0.15) is 0 Å². The zero-order chi connectivity index (χ0) is 14.1. The van der Waals surface area contributed by atoms with E-state index < -0.39 is 0 Å². The van der Waals surface area contributed by atoms with Gasteiger partial charge in [-0.3, -0.25) is 4.79 Å². The molecule has 2 aromatic carbocycles. The molecule has 100 valence electrons. The minimum absolute atomic E-state index is 0.764. The summed E-state index contributed by atoms with van der Waals surface area (Å²) in [4.78, 5) is 11.3. The molecular weight excluding hydrogens is 314 g/mol. The maximum absolute atomic E-state index is 11.3. The molecule has 0 aliphatic heterocycles. The van der Waals surface area contributed by atoms with Crippen LogP contribution in [0.2, 0.25) is 0 Å². The largest absolute Gasteiger partial charge is 0.340 e. The molecule has 0 unspecified atom stereocenters. The highest BCUT2D eigenvalue weighted by atomic mass is 79.9. The molecular formula is C17H14BrNO. The molecule has 0 spiro atoms. The molecule has 0 radical (unpaired) electrons. The fraction of sp³-hybridized carbons (Fsp3) is 0.118. The number of halogens is 1. The summed E-state index contributed by atoms with van der Waals surface area (Å²) in [5.41, 5.74) is 4.12. The SMILES string of the molecule is Cc1c(C=O)c2ccccc2n1Cc1cccc(Br)c1. The Kier molecular flexibility index (Phi) is 3.45. The Labute approximate surface area is 126 Å². The lowest BCUT2D eigenvalue weighted by Gasteiger charge is -2.09. The Morgan fingerprint density at radius 3 is 2.70 bits per heavy atom. The van der Waals surface area contributed by atoms with Gasteiger partial charge in [0.2, 0.25) is 0 Å². The lowest BCUT2D eigenvalue weighted by Crippen LogP contribution is -2.02. The third-order valence-corrected chi connectivity index (χ3v) is 4.12. The van der Waals surface area contributed by atoms with E-state index in [2.05, 4.69) is 38.7 Å². The van der Waals surface area contributed by atoms with E-state index in [1.165, 1.54) is 5.56 Å². The highest BCUT2D eigenvalue weighted by Gasteiger charge is 2.13. The molecule has 1 heterocycles. The minimum Gasteiger partial charge on any atom is -0.340 e. The highest BCUT2D eigenvalue weighted by molar-refractivity contribution is 9.10. The number of nitrogens with zero attached hydrogens (tertiary/aromatic N) is 1. The standard InChI is InChI=1S/C17H14BrNO/c1-12-16(11-20)15-7-2-3-8-17(15)19(12)10-13-5-4-6-14(18)9-13/h2-9,11H,10H2,1H3. The van der Waals surface area contributed by atoms with Gasteiger partial charge in [-0.05, 0) is 30.7 Å². The van der Waals surface area contributed by atoms with Gasteiger partial charge in [0.05, 0.1) is 0 Å². The lowest BCUT2D eigenvalue weighted by atomic mass is 10.1. The summed E-state index contributed by atoms with van der Waals surface area (Å²) in [6, 6.07) is 16.3. The van der Waals surface area contributed by atoms with Gasteiger partial charge in [0.15, 0.2) is 6.29 Å². The van der Waals surface area contributed by atoms with E-state index in [1.54, 1.807) is 0 Å². The Balaban J connectivity index is 2.16. The van der Waals surface area contributed by atoms with Crippen molar-refractivity contribution in [2.45, 2.75) is 13.5 Å². The molecule has 0 aliphatic rings. The van der Waals surface area contributed by atoms with E-state index in [0.717, 1.165) is 39.5 Å². The lowest BCUT2D eigenvalue weighted by molar-refractivity contribution is 0.112. The van der Waals surface area contributed by atoms with Crippen LogP contribution in [0.1, 0.15) is 21.6 Å². The second-order valence-corrected chi connectivity index (χ2v) is 5.77. The number of hydrogen-bond donors (Lipinski definition) is 0. The van der Waals surface area contributed by atoms with Crippen molar-refractivity contribution < 1.29 is 4.79 Å². The second-order valence-electron chi connectivity index (χ2n) is 4.85. The molecule has 0 aliphatic carbocycles. The maximum atomic E-state index is 11.3. The van der Waals surface area contributed by atoms with Gasteiger partial charge < -0.3 is 4.57 Å². The van der Waals surface area contributed by atoms with E-state index >= 15 is 0 Å². The Bertz CT molecular complexity index is 789. The van der Waals surface area contributed by atoms with E-state index in [-0.39, 0.29) is 0 Å². The van der Waals surface area contributed by atoms with Crippen LogP contribution in [-0.4, -0.2) is 10.9 Å². The molecule has 3 rings (SSSR count). The van der Waals surface area contributed by atoms with Gasteiger partial charge in [0.1, 0.15) is 0 Å². The average Bonchev–Trinajstić information content (AvgIpc) is 2.72. The van der Waals surface area contributed by atoms with Gasteiger partial charge in [-0.25, -0.2) is 0 Å². The van der Waals surface area contributed by atoms with Crippen molar-refractivity contribution in [1.29, 1.82) is 0 Å². The predicted octanol–water partition coefficient (Wildman–Crippen LogP) is 4.57. The van der Waals surface area contributed by atoms with E-state index in [9.17, 15) is 4.79 Å². The first kappa shape index (κ1) is 13.1. The second kappa shape index (κ2) is 5.25. The monoisotopic (exact) mass is 327 g/mol. The molecule has 3 aromatic rings. The minimum atomic E-state index is 0.764. The van der Waals surface area contributed by atoms with Crippen molar-refractivity contribution in [3.8, 4) is 0 Å². The molecule has 2 nitrogen and oxygen atoms in total. The van der Waals surface area contributed by atoms with E-state index in [1.807, 2.05) is 37.3 Å². The van der Waals surface area contributed by atoms with Crippen molar-refractivity contribution in [2.75, 3.05) is 0 Å². The van der Waals surface area contributed by atoms with Gasteiger partial charge in [0, 0.05) is 33.2 Å². The van der Waals surface area contributed by atoms with Crippen LogP contribution in [0.4, 0.5) is 0 Å². The summed E-state index contributed by atoms with van der Waals surface area (Å²) in [6.07, 6.45) is 0.953. The zero-order valence-corrected chi connectivity index (χ0v) is 12.7.